The Bertz CT molecular complexity index is 837. The predicted molar refractivity (Wildman–Crippen MR) is 97.8 cm³/mol. The zero-order chi connectivity index (χ0) is 17.6. The molecule has 0 amide bonds. The van der Waals surface area contributed by atoms with E-state index in [0.29, 0.717) is 5.75 Å². The van der Waals surface area contributed by atoms with Crippen LogP contribution in [0, 0.1) is 0 Å². The van der Waals surface area contributed by atoms with Gasteiger partial charge in [-0.3, -0.25) is 4.98 Å². The Hall–Kier alpha value is -3.05. The molecule has 0 saturated heterocycles. The summed E-state index contributed by atoms with van der Waals surface area (Å²) in [7, 11) is 1.51. The van der Waals surface area contributed by atoms with Gasteiger partial charge in [0.1, 0.15) is 0 Å². The number of aromatic hydroxyl groups is 1. The Morgan fingerprint density at radius 2 is 1.84 bits per heavy atom. The summed E-state index contributed by atoms with van der Waals surface area (Å²) in [6.45, 7) is -0.0265. The maximum atomic E-state index is 9.73. The second-order valence-corrected chi connectivity index (χ2v) is 5.64. The molecule has 0 unspecified atom stereocenters. The van der Waals surface area contributed by atoms with E-state index < -0.39 is 0 Å². The number of ether oxygens (including phenoxy) is 1. The van der Waals surface area contributed by atoms with Crippen LogP contribution in [0.15, 0.2) is 67.0 Å². The fourth-order valence-corrected chi connectivity index (χ4v) is 2.65. The van der Waals surface area contributed by atoms with E-state index in [1.807, 2.05) is 36.4 Å². The molecule has 3 N–H and O–H groups in total. The number of phenols is 1. The largest absolute Gasteiger partial charge is 0.504 e. The quantitative estimate of drug-likeness (QED) is 0.641. The average Bonchev–Trinajstić information content (AvgIpc) is 2.67. The van der Waals surface area contributed by atoms with Gasteiger partial charge in [0, 0.05) is 18.0 Å². The van der Waals surface area contributed by atoms with E-state index in [1.54, 1.807) is 30.6 Å². The van der Waals surface area contributed by atoms with Gasteiger partial charge in [-0.25, -0.2) is 0 Å². The van der Waals surface area contributed by atoms with Crippen molar-refractivity contribution in [1.29, 1.82) is 0 Å². The molecule has 0 fully saturated rings. The zero-order valence-electron chi connectivity index (χ0n) is 13.9. The second-order valence-electron chi connectivity index (χ2n) is 5.64. The molecule has 0 spiro atoms. The molecule has 2 aromatic carbocycles. The Balaban J connectivity index is 1.86. The van der Waals surface area contributed by atoms with E-state index in [2.05, 4.69) is 10.3 Å². The van der Waals surface area contributed by atoms with Crippen LogP contribution < -0.4 is 10.1 Å². The number of aromatic nitrogens is 1. The normalized spacial score (nSPS) is 11.8. The molecule has 1 atom stereocenters. The van der Waals surface area contributed by atoms with Crippen molar-refractivity contribution >= 4 is 5.69 Å². The number of nitrogens with one attached hydrogen (secondary N) is 1. The number of anilines is 1. The van der Waals surface area contributed by atoms with Gasteiger partial charge in [-0.1, -0.05) is 36.4 Å². The number of methoxy groups -OCH3 is 1. The highest BCUT2D eigenvalue weighted by atomic mass is 16.5. The van der Waals surface area contributed by atoms with Crippen molar-refractivity contribution in [3.8, 4) is 22.6 Å². The van der Waals surface area contributed by atoms with Crippen molar-refractivity contribution in [2.75, 3.05) is 19.0 Å². The third-order valence-electron chi connectivity index (χ3n) is 3.98. The number of nitrogens with zero attached hydrogens (tertiary/aromatic N) is 1. The van der Waals surface area contributed by atoms with Gasteiger partial charge < -0.3 is 20.3 Å². The molecular weight excluding hydrogens is 316 g/mol. The van der Waals surface area contributed by atoms with Gasteiger partial charge in [0.2, 0.25) is 0 Å². The minimum Gasteiger partial charge on any atom is -0.504 e. The van der Waals surface area contributed by atoms with Crippen molar-refractivity contribution in [1.82, 2.24) is 4.98 Å². The Labute approximate surface area is 146 Å². The highest BCUT2D eigenvalue weighted by Gasteiger charge is 2.11. The van der Waals surface area contributed by atoms with Crippen molar-refractivity contribution in [3.63, 3.8) is 0 Å². The van der Waals surface area contributed by atoms with Crippen LogP contribution in [0.2, 0.25) is 0 Å². The summed E-state index contributed by atoms with van der Waals surface area (Å²) in [5.74, 6) is 0.506. The summed E-state index contributed by atoms with van der Waals surface area (Å²) in [6, 6.07) is 16.7. The highest BCUT2D eigenvalue weighted by Crippen LogP contribution is 2.32. The lowest BCUT2D eigenvalue weighted by Gasteiger charge is -2.18. The summed E-state index contributed by atoms with van der Waals surface area (Å²) in [5, 5.41) is 22.7. The third kappa shape index (κ3) is 3.89. The van der Waals surface area contributed by atoms with Crippen molar-refractivity contribution in [2.24, 2.45) is 0 Å². The first-order valence-electron chi connectivity index (χ1n) is 7.96. The van der Waals surface area contributed by atoms with Gasteiger partial charge in [-0.05, 0) is 29.3 Å². The van der Waals surface area contributed by atoms with Gasteiger partial charge in [-0.2, -0.15) is 0 Å². The molecule has 5 nitrogen and oxygen atoms in total. The van der Waals surface area contributed by atoms with Crippen molar-refractivity contribution < 1.29 is 14.9 Å². The lowest BCUT2D eigenvalue weighted by molar-refractivity contribution is 0.276. The van der Waals surface area contributed by atoms with E-state index in [9.17, 15) is 10.2 Å². The van der Waals surface area contributed by atoms with Crippen LogP contribution in [0.1, 0.15) is 11.6 Å². The van der Waals surface area contributed by atoms with Crippen LogP contribution in [0.5, 0.6) is 11.5 Å². The second kappa shape index (κ2) is 7.68. The van der Waals surface area contributed by atoms with Gasteiger partial charge in [-0.15, -0.1) is 0 Å². The molecular formula is C20H20N2O3. The number of rotatable bonds is 6. The molecule has 0 bridgehead atoms. The summed E-state index contributed by atoms with van der Waals surface area (Å²) >= 11 is 0. The lowest BCUT2D eigenvalue weighted by Crippen LogP contribution is -2.14. The van der Waals surface area contributed by atoms with Gasteiger partial charge >= 0.3 is 0 Å². The molecule has 5 heteroatoms. The molecule has 0 aliphatic carbocycles. The summed E-state index contributed by atoms with van der Waals surface area (Å²) < 4.78 is 5.16. The first-order chi connectivity index (χ1) is 12.2. The van der Waals surface area contributed by atoms with E-state index in [-0.39, 0.29) is 18.4 Å². The summed E-state index contributed by atoms with van der Waals surface area (Å²) in [5.41, 5.74) is 3.56. The SMILES string of the molecule is COc1cc(-c2cncc(N[C@@H](CO)c3ccccc3)c2)ccc1O. The van der Waals surface area contributed by atoms with E-state index >= 15 is 0 Å². The standard InChI is InChI=1S/C20H20N2O3/c1-25-20-10-15(7-8-19(20)24)16-9-17(12-21-11-16)22-18(13-23)14-5-3-2-4-6-14/h2-12,18,22-24H,13H2,1H3/t18-/m0/s1. The first-order valence-corrected chi connectivity index (χ1v) is 7.96. The van der Waals surface area contributed by atoms with Crippen LogP contribution in [0.4, 0.5) is 5.69 Å². The molecule has 128 valence electrons. The minimum absolute atomic E-state index is 0.0265. The van der Waals surface area contributed by atoms with Crippen LogP contribution in [0.25, 0.3) is 11.1 Å². The highest BCUT2D eigenvalue weighted by molar-refractivity contribution is 5.69. The maximum Gasteiger partial charge on any atom is 0.161 e. The van der Waals surface area contributed by atoms with Gasteiger partial charge in [0.15, 0.2) is 11.5 Å². The third-order valence-corrected chi connectivity index (χ3v) is 3.98. The zero-order valence-corrected chi connectivity index (χ0v) is 13.9. The molecule has 0 aliphatic heterocycles. The number of phenolic OH excluding ortho intramolecular Hbond substituents is 1. The number of pyridine rings is 1. The maximum absolute atomic E-state index is 9.73. The number of aliphatic hydroxyl groups is 1. The molecule has 0 radical (unpaired) electrons. The number of benzene rings is 2. The molecule has 1 heterocycles. The summed E-state index contributed by atoms with van der Waals surface area (Å²) in [6.07, 6.45) is 3.46. The van der Waals surface area contributed by atoms with E-state index in [4.69, 9.17) is 4.74 Å². The molecule has 3 aromatic rings. The molecule has 25 heavy (non-hydrogen) atoms. The van der Waals surface area contributed by atoms with Crippen LogP contribution >= 0.6 is 0 Å². The molecule has 0 saturated carbocycles. The molecule has 1 aromatic heterocycles. The number of hydrogen-bond acceptors (Lipinski definition) is 5. The smallest absolute Gasteiger partial charge is 0.161 e. The minimum atomic E-state index is -0.215. The van der Waals surface area contributed by atoms with Crippen LogP contribution in [-0.2, 0) is 0 Å². The van der Waals surface area contributed by atoms with Gasteiger partial charge in [0.05, 0.1) is 25.4 Å². The average molecular weight is 336 g/mol. The van der Waals surface area contributed by atoms with Gasteiger partial charge in [0.25, 0.3) is 0 Å². The Morgan fingerprint density at radius 1 is 1.04 bits per heavy atom. The van der Waals surface area contributed by atoms with Crippen LogP contribution in [0.3, 0.4) is 0 Å². The Kier molecular flexibility index (Phi) is 5.16. The van der Waals surface area contributed by atoms with Crippen LogP contribution in [-0.4, -0.2) is 28.9 Å². The number of aliphatic hydroxyl groups excluding tert-OH is 1. The molecule has 3 rings (SSSR count). The Morgan fingerprint density at radius 3 is 2.56 bits per heavy atom. The number of hydrogen-bond donors (Lipinski definition) is 3. The monoisotopic (exact) mass is 336 g/mol. The molecule has 0 aliphatic rings. The van der Waals surface area contributed by atoms with Crippen molar-refractivity contribution in [3.05, 3.63) is 72.6 Å². The fraction of sp³-hybridized carbons (Fsp3) is 0.150. The fourth-order valence-electron chi connectivity index (χ4n) is 2.65. The van der Waals surface area contributed by atoms with Crippen molar-refractivity contribution in [2.45, 2.75) is 6.04 Å². The topological polar surface area (TPSA) is 74.6 Å². The van der Waals surface area contributed by atoms with E-state index in [1.165, 1.54) is 7.11 Å². The lowest BCUT2D eigenvalue weighted by atomic mass is 10.1. The predicted octanol–water partition coefficient (Wildman–Crippen LogP) is 3.61. The summed E-state index contributed by atoms with van der Waals surface area (Å²) in [4.78, 5) is 4.27. The van der Waals surface area contributed by atoms with E-state index in [0.717, 1.165) is 22.4 Å². The first kappa shape index (κ1) is 16.8.